The predicted octanol–water partition coefficient (Wildman–Crippen LogP) is 3.93. The van der Waals surface area contributed by atoms with Gasteiger partial charge in [0.15, 0.2) is 5.16 Å². The molecule has 9 nitrogen and oxygen atoms in total. The average Bonchev–Trinajstić information content (AvgIpc) is 3.46. The van der Waals surface area contributed by atoms with Crippen LogP contribution in [0.15, 0.2) is 5.16 Å². The Bertz CT molecular complexity index is 995. The summed E-state index contributed by atoms with van der Waals surface area (Å²) in [6.07, 6.45) is 4.65. The number of hydrogen-bond acceptors (Lipinski definition) is 9. The van der Waals surface area contributed by atoms with E-state index in [1.54, 1.807) is 20.8 Å². The third-order valence-electron chi connectivity index (χ3n) is 5.26. The molecule has 32 heavy (non-hydrogen) atoms. The van der Waals surface area contributed by atoms with Gasteiger partial charge < -0.3 is 19.4 Å². The Labute approximate surface area is 195 Å². The van der Waals surface area contributed by atoms with Gasteiger partial charge in [0.05, 0.1) is 24.5 Å². The fourth-order valence-electron chi connectivity index (χ4n) is 3.73. The van der Waals surface area contributed by atoms with Crippen LogP contribution in [0, 0.1) is 6.92 Å². The van der Waals surface area contributed by atoms with E-state index < -0.39 is 11.9 Å². The first-order valence-corrected chi connectivity index (χ1v) is 12.5. The zero-order valence-electron chi connectivity index (χ0n) is 18.7. The molecule has 174 valence electrons. The van der Waals surface area contributed by atoms with Crippen LogP contribution in [0.2, 0.25) is 0 Å². The van der Waals surface area contributed by atoms with Gasteiger partial charge in [-0.05, 0) is 39.2 Å². The molecule has 1 N–H and O–H groups in total. The van der Waals surface area contributed by atoms with Gasteiger partial charge >= 0.3 is 11.9 Å². The Morgan fingerprint density at radius 1 is 1.12 bits per heavy atom. The first-order valence-electron chi connectivity index (χ1n) is 10.7. The molecular weight excluding hydrogens is 452 g/mol. The van der Waals surface area contributed by atoms with Crippen molar-refractivity contribution in [2.75, 3.05) is 24.3 Å². The highest BCUT2D eigenvalue weighted by Crippen LogP contribution is 2.35. The predicted molar refractivity (Wildman–Crippen MR) is 123 cm³/mol. The molecule has 0 aliphatic heterocycles. The van der Waals surface area contributed by atoms with Gasteiger partial charge in [0.25, 0.3) is 0 Å². The van der Waals surface area contributed by atoms with Crippen LogP contribution in [0.3, 0.4) is 0 Å². The highest BCUT2D eigenvalue weighted by Gasteiger charge is 2.28. The molecule has 0 aromatic carbocycles. The lowest BCUT2D eigenvalue weighted by Gasteiger charge is -2.09. The van der Waals surface area contributed by atoms with Gasteiger partial charge in [-0.15, -0.1) is 21.5 Å². The van der Waals surface area contributed by atoms with Crippen LogP contribution in [0.4, 0.5) is 5.00 Å². The molecule has 0 bridgehead atoms. The molecule has 1 amide bonds. The van der Waals surface area contributed by atoms with Crippen molar-refractivity contribution in [1.29, 1.82) is 0 Å². The van der Waals surface area contributed by atoms with Gasteiger partial charge in [0, 0.05) is 13.0 Å². The second kappa shape index (κ2) is 11.0. The van der Waals surface area contributed by atoms with Crippen molar-refractivity contribution in [3.63, 3.8) is 0 Å². The quantitative estimate of drug-likeness (QED) is 0.424. The Kier molecular flexibility index (Phi) is 8.30. The second-order valence-corrected chi connectivity index (χ2v) is 9.38. The van der Waals surface area contributed by atoms with Crippen LogP contribution in [0.25, 0.3) is 0 Å². The molecule has 1 aliphatic carbocycles. The Balaban J connectivity index is 1.72. The Morgan fingerprint density at radius 3 is 2.44 bits per heavy atom. The standard InChI is InChI=1S/C21H28N4O5S2/c1-5-29-19(27)15-12(3)16(20(28)30-6-2)32-18(15)22-14(26)11-31-21-24-23-17(25(21)4)13-9-7-8-10-13/h13H,5-11H2,1-4H3,(H,22,26). The maximum Gasteiger partial charge on any atom is 0.348 e. The summed E-state index contributed by atoms with van der Waals surface area (Å²) < 4.78 is 12.1. The van der Waals surface area contributed by atoms with Gasteiger partial charge in [-0.25, -0.2) is 9.59 Å². The highest BCUT2D eigenvalue weighted by atomic mass is 32.2. The number of nitrogens with zero attached hydrogens (tertiary/aromatic N) is 3. The molecule has 2 aromatic rings. The van der Waals surface area contributed by atoms with Crippen LogP contribution >= 0.6 is 23.1 Å². The third-order valence-corrected chi connectivity index (χ3v) is 7.47. The number of rotatable bonds is 9. The average molecular weight is 481 g/mol. The van der Waals surface area contributed by atoms with Crippen molar-refractivity contribution < 1.29 is 23.9 Å². The number of aromatic nitrogens is 3. The molecule has 0 saturated heterocycles. The molecular formula is C21H28N4O5S2. The first-order chi connectivity index (χ1) is 15.4. The van der Waals surface area contributed by atoms with Gasteiger partial charge in [-0.2, -0.15) is 0 Å². The smallest absolute Gasteiger partial charge is 0.348 e. The normalized spacial score (nSPS) is 13.9. The number of thioether (sulfide) groups is 1. The molecule has 1 aliphatic rings. The number of anilines is 1. The maximum absolute atomic E-state index is 12.7. The maximum atomic E-state index is 12.7. The summed E-state index contributed by atoms with van der Waals surface area (Å²) in [5, 5.41) is 12.3. The Morgan fingerprint density at radius 2 is 1.78 bits per heavy atom. The molecule has 11 heteroatoms. The fraction of sp³-hybridized carbons (Fsp3) is 0.571. The molecule has 1 saturated carbocycles. The number of ether oxygens (including phenoxy) is 2. The monoisotopic (exact) mass is 480 g/mol. The summed E-state index contributed by atoms with van der Waals surface area (Å²) in [4.78, 5) is 37.7. The topological polar surface area (TPSA) is 112 Å². The number of carbonyl (C=O) groups excluding carboxylic acids is 3. The van der Waals surface area contributed by atoms with E-state index in [0.29, 0.717) is 16.6 Å². The minimum Gasteiger partial charge on any atom is -0.462 e. The van der Waals surface area contributed by atoms with Crippen LogP contribution in [-0.2, 0) is 21.3 Å². The summed E-state index contributed by atoms with van der Waals surface area (Å²) in [6, 6.07) is 0. The first kappa shape index (κ1) is 24.2. The van der Waals surface area contributed by atoms with Crippen LogP contribution in [-0.4, -0.2) is 51.6 Å². The van der Waals surface area contributed by atoms with E-state index in [-0.39, 0.29) is 40.3 Å². The highest BCUT2D eigenvalue weighted by molar-refractivity contribution is 7.99. The number of carbonyl (C=O) groups is 3. The van der Waals surface area contributed by atoms with Crippen molar-refractivity contribution in [2.45, 2.75) is 57.5 Å². The minimum absolute atomic E-state index is 0.0879. The lowest BCUT2D eigenvalue weighted by atomic mass is 10.1. The summed E-state index contributed by atoms with van der Waals surface area (Å²) in [7, 11) is 1.92. The zero-order chi connectivity index (χ0) is 23.3. The van der Waals surface area contributed by atoms with E-state index in [1.165, 1.54) is 24.6 Å². The van der Waals surface area contributed by atoms with Gasteiger partial charge in [0.2, 0.25) is 5.91 Å². The minimum atomic E-state index is -0.589. The van der Waals surface area contributed by atoms with Crippen molar-refractivity contribution >= 4 is 45.9 Å². The SMILES string of the molecule is CCOC(=O)c1sc(NC(=O)CSc2nnc(C3CCCC3)n2C)c(C(=O)OCC)c1C. The molecule has 0 radical (unpaired) electrons. The molecule has 2 heterocycles. The molecule has 1 fully saturated rings. The molecule has 2 aromatic heterocycles. The number of amides is 1. The number of esters is 2. The lowest BCUT2D eigenvalue weighted by molar-refractivity contribution is -0.113. The fourth-order valence-corrected chi connectivity index (χ4v) is 5.55. The largest absolute Gasteiger partial charge is 0.462 e. The van der Waals surface area contributed by atoms with E-state index >= 15 is 0 Å². The Hall–Kier alpha value is -2.40. The number of hydrogen-bond donors (Lipinski definition) is 1. The summed E-state index contributed by atoms with van der Waals surface area (Å²) in [6.45, 7) is 5.44. The van der Waals surface area contributed by atoms with Crippen molar-refractivity contribution in [3.05, 3.63) is 21.8 Å². The van der Waals surface area contributed by atoms with Crippen LogP contribution in [0.5, 0.6) is 0 Å². The van der Waals surface area contributed by atoms with Crippen molar-refractivity contribution in [2.24, 2.45) is 7.05 Å². The van der Waals surface area contributed by atoms with E-state index in [4.69, 9.17) is 9.47 Å². The van der Waals surface area contributed by atoms with Gasteiger partial charge in [-0.3, -0.25) is 4.79 Å². The van der Waals surface area contributed by atoms with Crippen LogP contribution < -0.4 is 5.32 Å². The van der Waals surface area contributed by atoms with E-state index in [1.807, 2.05) is 11.6 Å². The summed E-state index contributed by atoms with van der Waals surface area (Å²) >= 11 is 2.29. The second-order valence-electron chi connectivity index (χ2n) is 7.42. The molecule has 0 atom stereocenters. The lowest BCUT2D eigenvalue weighted by Crippen LogP contribution is -2.17. The molecule has 3 rings (SSSR count). The van der Waals surface area contributed by atoms with Crippen molar-refractivity contribution in [3.8, 4) is 0 Å². The van der Waals surface area contributed by atoms with Gasteiger partial charge in [-0.1, -0.05) is 24.6 Å². The third kappa shape index (κ3) is 5.32. The van der Waals surface area contributed by atoms with E-state index in [2.05, 4.69) is 15.5 Å². The van der Waals surface area contributed by atoms with Crippen LogP contribution in [0.1, 0.15) is 76.9 Å². The zero-order valence-corrected chi connectivity index (χ0v) is 20.4. The summed E-state index contributed by atoms with van der Waals surface area (Å²) in [5.41, 5.74) is 0.616. The molecule has 0 unspecified atom stereocenters. The van der Waals surface area contributed by atoms with E-state index in [0.717, 1.165) is 30.0 Å². The van der Waals surface area contributed by atoms with Gasteiger partial charge in [0.1, 0.15) is 15.7 Å². The van der Waals surface area contributed by atoms with E-state index in [9.17, 15) is 14.4 Å². The van der Waals surface area contributed by atoms with Crippen molar-refractivity contribution in [1.82, 2.24) is 14.8 Å². The summed E-state index contributed by atoms with van der Waals surface area (Å²) in [5.74, 6) is 0.0388. The number of nitrogens with one attached hydrogen (secondary N) is 1. The number of thiophene rings is 1. The molecule has 0 spiro atoms.